The summed E-state index contributed by atoms with van der Waals surface area (Å²) in [6.45, 7) is 17.2. The van der Waals surface area contributed by atoms with Crippen molar-refractivity contribution < 1.29 is 0 Å². The van der Waals surface area contributed by atoms with Gasteiger partial charge in [0.15, 0.2) is 0 Å². The molecule has 2 atom stereocenters. The minimum absolute atomic E-state index is 0.0234. The average Bonchev–Trinajstić information content (AvgIpc) is 3.95. The number of hydrogen-bond donors (Lipinski definition) is 3. The Morgan fingerprint density at radius 1 is 0.486 bits per heavy atom. The number of aromatic amines is 1. The highest BCUT2D eigenvalue weighted by Crippen LogP contribution is 2.36. The summed E-state index contributed by atoms with van der Waals surface area (Å²) >= 11 is 0. The Labute approximate surface area is 439 Å². The van der Waals surface area contributed by atoms with Crippen molar-refractivity contribution in [1.82, 2.24) is 15.0 Å². The van der Waals surface area contributed by atoms with Gasteiger partial charge in [0.2, 0.25) is 0 Å². The number of hydrogen-bond acceptors (Lipinski definition) is 5. The third-order valence-electron chi connectivity index (χ3n) is 13.1. The van der Waals surface area contributed by atoms with Gasteiger partial charge in [0.1, 0.15) is 0 Å². The van der Waals surface area contributed by atoms with Crippen LogP contribution in [0.1, 0.15) is 99.0 Å². The van der Waals surface area contributed by atoms with E-state index in [-0.39, 0.29) is 12.1 Å². The van der Waals surface area contributed by atoms with Gasteiger partial charge in [-0.3, -0.25) is 15.0 Å². The molecule has 0 radical (unpaired) electrons. The number of benzene rings is 7. The van der Waals surface area contributed by atoms with Gasteiger partial charge >= 0.3 is 0 Å². The summed E-state index contributed by atoms with van der Waals surface area (Å²) in [5.74, 6) is 0.526. The first-order valence-corrected chi connectivity index (χ1v) is 25.6. The van der Waals surface area contributed by atoms with Gasteiger partial charge in [-0.25, -0.2) is 0 Å². The quantitative estimate of drug-likeness (QED) is 0.101. The van der Waals surface area contributed by atoms with Gasteiger partial charge in [0.05, 0.1) is 46.8 Å². The monoisotopic (exact) mass is 969 g/mol. The summed E-state index contributed by atoms with van der Waals surface area (Å²) in [4.78, 5) is 17.3. The second kappa shape index (κ2) is 25.2. The normalized spacial score (nSPS) is 11.7. The molecule has 10 aromatic rings. The van der Waals surface area contributed by atoms with E-state index in [1.54, 1.807) is 0 Å². The van der Waals surface area contributed by atoms with Crippen LogP contribution in [0.4, 0.5) is 17.1 Å². The number of nitrogens with zero attached hydrogens (tertiary/aromatic N) is 3. The number of aryl methyl sites for hydroxylation is 6. The second-order valence-electron chi connectivity index (χ2n) is 19.3. The van der Waals surface area contributed by atoms with Crippen molar-refractivity contribution in [2.45, 2.75) is 73.4 Å². The minimum atomic E-state index is -0.0484. The van der Waals surface area contributed by atoms with E-state index in [0.29, 0.717) is 5.92 Å². The molecule has 0 saturated carbocycles. The number of aromatic nitrogens is 3. The topological polar surface area (TPSA) is 78.0 Å². The molecule has 6 heteroatoms. The Balaban J connectivity index is 0.000000154. The molecule has 0 aliphatic heterocycles. The van der Waals surface area contributed by atoms with Gasteiger partial charge in [-0.1, -0.05) is 189 Å². The van der Waals surface area contributed by atoms with Gasteiger partial charge in [0, 0.05) is 29.3 Å². The van der Waals surface area contributed by atoms with Crippen LogP contribution >= 0.6 is 0 Å². The van der Waals surface area contributed by atoms with Gasteiger partial charge in [-0.15, -0.1) is 0 Å². The smallest absolute Gasteiger partial charge is 0.0946 e. The average molecular weight is 969 g/mol. The summed E-state index contributed by atoms with van der Waals surface area (Å²) < 4.78 is 0. The molecule has 10 rings (SSSR count). The number of nitrogens with one attached hydrogen (secondary N) is 3. The Hall–Kier alpha value is -8.61. The standard InChI is InChI=1S/2C27H26N2.C14H16N2/c1-19-17-20(2)26(21(3)18-19)29-27(25-15-9-10-16-28-25)24-14-8-7-13-23(24)22-11-5-4-6-12-22;1-20(2)21-16-18-24(19-17-21)28-27(23-12-7-4-8-13-23)26-15-9-14-25(29-26)22-10-5-3-6-11-22;1-10-7-11(2)14(12(3)8-10)16-9-13-5-4-6-15-13/h4-18,27,29H,1-3H3;3-20,27-28H,1-2H3;4-9,15H,1-3H3. The van der Waals surface area contributed by atoms with E-state index in [2.05, 4.69) is 246 Å². The molecule has 0 fully saturated rings. The first-order valence-electron chi connectivity index (χ1n) is 25.6. The van der Waals surface area contributed by atoms with E-state index in [4.69, 9.17) is 9.97 Å². The van der Waals surface area contributed by atoms with Crippen molar-refractivity contribution in [2.24, 2.45) is 4.99 Å². The van der Waals surface area contributed by atoms with Crippen LogP contribution in [-0.2, 0) is 0 Å². The number of H-pyrrole nitrogens is 1. The highest BCUT2D eigenvalue weighted by Gasteiger charge is 2.21. The Kier molecular flexibility index (Phi) is 17.6. The van der Waals surface area contributed by atoms with Gasteiger partial charge in [-0.2, -0.15) is 0 Å². The van der Waals surface area contributed by atoms with Gasteiger partial charge in [0.25, 0.3) is 0 Å². The van der Waals surface area contributed by atoms with E-state index < -0.39 is 0 Å². The molecule has 0 saturated heterocycles. The maximum atomic E-state index is 5.00. The predicted octanol–water partition coefficient (Wildman–Crippen LogP) is 17.6. The van der Waals surface area contributed by atoms with Crippen molar-refractivity contribution in [3.8, 4) is 22.4 Å². The maximum Gasteiger partial charge on any atom is 0.0946 e. The lowest BCUT2D eigenvalue weighted by atomic mass is 9.92. The summed E-state index contributed by atoms with van der Waals surface area (Å²) in [7, 11) is 0. The zero-order valence-corrected chi connectivity index (χ0v) is 44.0. The Bertz CT molecular complexity index is 3300. The van der Waals surface area contributed by atoms with Crippen molar-refractivity contribution in [3.63, 3.8) is 0 Å². The van der Waals surface area contributed by atoms with Gasteiger partial charge < -0.3 is 15.6 Å². The number of anilines is 2. The van der Waals surface area contributed by atoms with Gasteiger partial charge in [-0.05, 0) is 146 Å². The molecular formula is C68H68N6. The number of rotatable bonds is 13. The Morgan fingerprint density at radius 2 is 1.07 bits per heavy atom. The zero-order chi connectivity index (χ0) is 51.8. The van der Waals surface area contributed by atoms with Crippen molar-refractivity contribution >= 4 is 23.3 Å². The molecule has 370 valence electrons. The van der Waals surface area contributed by atoms with Crippen LogP contribution in [0.5, 0.6) is 0 Å². The lowest BCUT2D eigenvalue weighted by Crippen LogP contribution is -2.16. The summed E-state index contributed by atoms with van der Waals surface area (Å²) in [6, 6.07) is 73.7. The van der Waals surface area contributed by atoms with E-state index >= 15 is 0 Å². The fourth-order valence-corrected chi connectivity index (χ4v) is 9.46. The molecule has 6 nitrogen and oxygen atoms in total. The molecule has 7 aromatic carbocycles. The molecule has 74 heavy (non-hydrogen) atoms. The maximum absolute atomic E-state index is 5.00. The molecule has 0 bridgehead atoms. The van der Waals surface area contributed by atoms with Crippen LogP contribution in [0.2, 0.25) is 0 Å². The second-order valence-corrected chi connectivity index (χ2v) is 19.3. The summed E-state index contributed by atoms with van der Waals surface area (Å²) in [5.41, 5.74) is 22.2. The molecule has 0 spiro atoms. The zero-order valence-electron chi connectivity index (χ0n) is 44.0. The van der Waals surface area contributed by atoms with Crippen LogP contribution in [-0.4, -0.2) is 21.2 Å². The van der Waals surface area contributed by atoms with Crippen molar-refractivity contribution in [1.29, 1.82) is 0 Å². The predicted molar refractivity (Wildman–Crippen MR) is 313 cm³/mol. The fourth-order valence-electron chi connectivity index (χ4n) is 9.46. The van der Waals surface area contributed by atoms with Crippen LogP contribution < -0.4 is 10.6 Å². The molecule has 2 unspecified atom stereocenters. The Morgan fingerprint density at radius 3 is 1.68 bits per heavy atom. The lowest BCUT2D eigenvalue weighted by Gasteiger charge is -2.25. The van der Waals surface area contributed by atoms with Crippen LogP contribution in [0.15, 0.2) is 230 Å². The number of aliphatic imine (C=N–C) groups is 1. The lowest BCUT2D eigenvalue weighted by molar-refractivity contribution is 0.863. The van der Waals surface area contributed by atoms with Crippen LogP contribution in [0.3, 0.4) is 0 Å². The van der Waals surface area contributed by atoms with E-state index in [1.165, 1.54) is 66.9 Å². The molecule has 3 heterocycles. The number of pyridine rings is 2. The summed E-state index contributed by atoms with van der Waals surface area (Å²) in [5, 5.41) is 7.52. The minimum Gasteiger partial charge on any atom is -0.373 e. The highest BCUT2D eigenvalue weighted by atomic mass is 15.0. The first-order chi connectivity index (χ1) is 36.0. The van der Waals surface area contributed by atoms with Crippen LogP contribution in [0.25, 0.3) is 22.4 Å². The first kappa shape index (κ1) is 51.7. The third kappa shape index (κ3) is 13.7. The third-order valence-corrected chi connectivity index (χ3v) is 13.1. The van der Waals surface area contributed by atoms with Crippen molar-refractivity contribution in [3.05, 3.63) is 292 Å². The van der Waals surface area contributed by atoms with Crippen molar-refractivity contribution in [2.75, 3.05) is 10.6 Å². The fraction of sp³-hybridized carbons (Fsp3) is 0.162. The van der Waals surface area contributed by atoms with E-state index in [9.17, 15) is 0 Å². The highest BCUT2D eigenvalue weighted by molar-refractivity contribution is 5.80. The molecule has 0 aliphatic rings. The molecule has 3 N–H and O–H groups in total. The molecule has 0 aliphatic carbocycles. The molecule has 0 amide bonds. The summed E-state index contributed by atoms with van der Waals surface area (Å²) in [6.07, 6.45) is 5.63. The molecular weight excluding hydrogens is 901 g/mol. The molecule has 3 aromatic heterocycles. The SMILES string of the molecule is CC(C)c1ccc(NC(c2ccccc2)c2cccc(-c3ccccc3)n2)cc1.Cc1cc(C)c(N=Cc2ccc[nH]2)c(C)c1.Cc1cc(C)c(NC(c2ccccn2)c2ccccc2-c2ccccc2)c(C)c1. The van der Waals surface area contributed by atoms with Crippen LogP contribution in [0, 0.1) is 41.5 Å². The van der Waals surface area contributed by atoms with E-state index in [0.717, 1.165) is 39.7 Å². The van der Waals surface area contributed by atoms with E-state index in [1.807, 2.05) is 61.1 Å². The largest absolute Gasteiger partial charge is 0.373 e.